The first-order valence-electron chi connectivity index (χ1n) is 5.69. The van der Waals surface area contributed by atoms with Crippen molar-refractivity contribution in [2.45, 2.75) is 25.7 Å². The molecular formula is C13H20N2. The van der Waals surface area contributed by atoms with E-state index in [1.54, 1.807) is 0 Å². The first-order valence-corrected chi connectivity index (χ1v) is 5.69. The zero-order chi connectivity index (χ0) is 11.0. The van der Waals surface area contributed by atoms with Crippen molar-refractivity contribution in [3.8, 4) is 0 Å². The number of para-hydroxylation sites is 1. The molecule has 0 spiro atoms. The molecule has 1 aromatic carbocycles. The van der Waals surface area contributed by atoms with E-state index in [0.717, 1.165) is 13.1 Å². The van der Waals surface area contributed by atoms with E-state index in [2.05, 4.69) is 44.0 Å². The molecule has 0 amide bonds. The molecule has 15 heavy (non-hydrogen) atoms. The highest BCUT2D eigenvalue weighted by atomic mass is 15.1. The smallest absolute Gasteiger partial charge is 0.0435 e. The van der Waals surface area contributed by atoms with E-state index < -0.39 is 0 Å². The molecule has 2 N–H and O–H groups in total. The van der Waals surface area contributed by atoms with Crippen LogP contribution >= 0.6 is 0 Å². The summed E-state index contributed by atoms with van der Waals surface area (Å²) in [6.07, 6.45) is 0. The first-order chi connectivity index (χ1) is 7.15. The molecule has 0 radical (unpaired) electrons. The fourth-order valence-corrected chi connectivity index (χ4v) is 2.54. The van der Waals surface area contributed by atoms with Crippen LogP contribution in [0.25, 0.3) is 0 Å². The largest absolute Gasteiger partial charge is 0.373 e. The number of anilines is 1. The summed E-state index contributed by atoms with van der Waals surface area (Å²) in [7, 11) is 2.17. The summed E-state index contributed by atoms with van der Waals surface area (Å²) in [5.41, 5.74) is 10.1. The average molecular weight is 204 g/mol. The summed E-state index contributed by atoms with van der Waals surface area (Å²) in [6.45, 7) is 6.31. The van der Waals surface area contributed by atoms with Gasteiger partial charge in [0.1, 0.15) is 0 Å². The van der Waals surface area contributed by atoms with Gasteiger partial charge in [-0.25, -0.2) is 0 Å². The van der Waals surface area contributed by atoms with Gasteiger partial charge in [0.25, 0.3) is 0 Å². The number of likely N-dealkylation sites (N-methyl/N-ethyl adjacent to an activating group) is 1. The van der Waals surface area contributed by atoms with Crippen LogP contribution in [0.15, 0.2) is 18.2 Å². The molecule has 1 unspecified atom stereocenters. The Balaban J connectivity index is 2.51. The van der Waals surface area contributed by atoms with Crippen LogP contribution in [0.2, 0.25) is 0 Å². The summed E-state index contributed by atoms with van der Waals surface area (Å²) in [4.78, 5) is 2.35. The van der Waals surface area contributed by atoms with Gasteiger partial charge < -0.3 is 10.6 Å². The molecule has 1 atom stereocenters. The molecule has 2 rings (SSSR count). The number of hydrogen-bond donors (Lipinski definition) is 1. The Labute approximate surface area is 92.1 Å². The molecule has 0 fully saturated rings. The minimum atomic E-state index is 0.517. The van der Waals surface area contributed by atoms with Gasteiger partial charge in [0.05, 0.1) is 0 Å². The van der Waals surface area contributed by atoms with Crippen molar-refractivity contribution >= 4 is 5.69 Å². The lowest BCUT2D eigenvalue weighted by Gasteiger charge is -2.18. The number of hydrogen-bond acceptors (Lipinski definition) is 2. The van der Waals surface area contributed by atoms with E-state index in [-0.39, 0.29) is 0 Å². The van der Waals surface area contributed by atoms with Gasteiger partial charge >= 0.3 is 0 Å². The maximum Gasteiger partial charge on any atom is 0.0435 e. The van der Waals surface area contributed by atoms with Gasteiger partial charge in [-0.2, -0.15) is 0 Å². The third-order valence-electron chi connectivity index (χ3n) is 3.32. The lowest BCUT2D eigenvalue weighted by molar-refractivity contribution is 0.730. The van der Waals surface area contributed by atoms with Crippen LogP contribution in [-0.2, 0) is 0 Å². The van der Waals surface area contributed by atoms with E-state index in [0.29, 0.717) is 11.8 Å². The topological polar surface area (TPSA) is 29.3 Å². The zero-order valence-electron chi connectivity index (χ0n) is 9.83. The number of nitrogens with two attached hydrogens (primary N) is 1. The molecule has 1 aliphatic rings. The third kappa shape index (κ3) is 1.63. The van der Waals surface area contributed by atoms with Crippen molar-refractivity contribution in [3.05, 3.63) is 29.3 Å². The molecule has 0 bridgehead atoms. The van der Waals surface area contributed by atoms with Crippen molar-refractivity contribution in [3.63, 3.8) is 0 Å². The predicted octanol–water partition coefficient (Wildman–Crippen LogP) is 2.30. The predicted molar refractivity (Wildman–Crippen MR) is 65.6 cm³/mol. The fourth-order valence-electron chi connectivity index (χ4n) is 2.54. The van der Waals surface area contributed by atoms with Gasteiger partial charge in [0, 0.05) is 31.7 Å². The molecule has 1 heterocycles. The van der Waals surface area contributed by atoms with Crippen LogP contribution in [0, 0.1) is 0 Å². The van der Waals surface area contributed by atoms with Crippen molar-refractivity contribution in [1.82, 2.24) is 0 Å². The molecular weight excluding hydrogens is 184 g/mol. The van der Waals surface area contributed by atoms with E-state index in [1.165, 1.54) is 16.8 Å². The Morgan fingerprint density at radius 3 is 2.80 bits per heavy atom. The average Bonchev–Trinajstić information content (AvgIpc) is 2.55. The lowest BCUT2D eigenvalue weighted by atomic mass is 9.94. The maximum absolute atomic E-state index is 5.81. The van der Waals surface area contributed by atoms with Crippen LogP contribution in [0.5, 0.6) is 0 Å². The molecule has 1 aromatic rings. The highest BCUT2D eigenvalue weighted by Crippen LogP contribution is 2.39. The van der Waals surface area contributed by atoms with Gasteiger partial charge in [-0.15, -0.1) is 0 Å². The van der Waals surface area contributed by atoms with E-state index in [4.69, 9.17) is 5.73 Å². The summed E-state index contributed by atoms with van der Waals surface area (Å²) in [6, 6.07) is 6.62. The van der Waals surface area contributed by atoms with Gasteiger partial charge in [-0.05, 0) is 17.0 Å². The van der Waals surface area contributed by atoms with Crippen molar-refractivity contribution in [2.75, 3.05) is 25.0 Å². The summed E-state index contributed by atoms with van der Waals surface area (Å²) in [5.74, 6) is 1.10. The molecule has 0 aromatic heterocycles. The molecule has 0 saturated heterocycles. The zero-order valence-corrected chi connectivity index (χ0v) is 9.83. The van der Waals surface area contributed by atoms with Crippen LogP contribution in [0.1, 0.15) is 36.8 Å². The number of benzene rings is 1. The first kappa shape index (κ1) is 10.5. The Morgan fingerprint density at radius 2 is 2.20 bits per heavy atom. The summed E-state index contributed by atoms with van der Waals surface area (Å²) < 4.78 is 0. The standard InChI is InChI=1S/C13H20N2/c1-9(2)11-5-4-6-12-10(7-14)8-15(3)13(11)12/h4-6,9-10H,7-8,14H2,1-3H3. The monoisotopic (exact) mass is 204 g/mol. The van der Waals surface area contributed by atoms with Crippen LogP contribution in [0.4, 0.5) is 5.69 Å². The Bertz CT molecular complexity index is 358. The second kappa shape index (κ2) is 3.86. The van der Waals surface area contributed by atoms with Crippen molar-refractivity contribution in [2.24, 2.45) is 5.73 Å². The van der Waals surface area contributed by atoms with Gasteiger partial charge in [0.15, 0.2) is 0 Å². The minimum Gasteiger partial charge on any atom is -0.373 e. The van der Waals surface area contributed by atoms with Crippen LogP contribution in [-0.4, -0.2) is 20.1 Å². The second-order valence-electron chi connectivity index (χ2n) is 4.75. The summed E-state index contributed by atoms with van der Waals surface area (Å²) >= 11 is 0. The van der Waals surface area contributed by atoms with Gasteiger partial charge in [-0.3, -0.25) is 0 Å². The quantitative estimate of drug-likeness (QED) is 0.801. The van der Waals surface area contributed by atoms with E-state index in [1.807, 2.05) is 0 Å². The van der Waals surface area contributed by atoms with Crippen LogP contribution in [0.3, 0.4) is 0 Å². The van der Waals surface area contributed by atoms with Gasteiger partial charge in [-0.1, -0.05) is 32.0 Å². The maximum atomic E-state index is 5.81. The SMILES string of the molecule is CC(C)c1cccc2c1N(C)CC2CN. The van der Waals surface area contributed by atoms with Crippen molar-refractivity contribution in [1.29, 1.82) is 0 Å². The molecule has 0 saturated carbocycles. The molecule has 2 heteroatoms. The van der Waals surface area contributed by atoms with Crippen molar-refractivity contribution < 1.29 is 0 Å². The lowest BCUT2D eigenvalue weighted by Crippen LogP contribution is -2.20. The van der Waals surface area contributed by atoms with E-state index in [9.17, 15) is 0 Å². The molecule has 1 aliphatic heterocycles. The fraction of sp³-hybridized carbons (Fsp3) is 0.538. The Kier molecular flexibility index (Phi) is 2.70. The minimum absolute atomic E-state index is 0.517. The molecule has 82 valence electrons. The summed E-state index contributed by atoms with van der Waals surface area (Å²) in [5, 5.41) is 0. The normalized spacial score (nSPS) is 19.8. The highest BCUT2D eigenvalue weighted by molar-refractivity contribution is 5.65. The Hall–Kier alpha value is -1.02. The molecule has 2 nitrogen and oxygen atoms in total. The van der Waals surface area contributed by atoms with E-state index >= 15 is 0 Å². The second-order valence-corrected chi connectivity index (χ2v) is 4.75. The number of nitrogens with zero attached hydrogens (tertiary/aromatic N) is 1. The van der Waals surface area contributed by atoms with Crippen LogP contribution < -0.4 is 10.6 Å². The Morgan fingerprint density at radius 1 is 1.47 bits per heavy atom. The third-order valence-corrected chi connectivity index (χ3v) is 3.32. The van der Waals surface area contributed by atoms with Gasteiger partial charge in [0.2, 0.25) is 0 Å². The highest BCUT2D eigenvalue weighted by Gasteiger charge is 2.27. The number of fused-ring (bicyclic) bond motifs is 1. The number of rotatable bonds is 2. The molecule has 0 aliphatic carbocycles.